The van der Waals surface area contributed by atoms with Gasteiger partial charge in [-0.3, -0.25) is 0 Å². The van der Waals surface area contributed by atoms with Gasteiger partial charge in [0, 0.05) is 20.0 Å². The molecule has 0 unspecified atom stereocenters. The molecule has 0 bridgehead atoms. The highest BCUT2D eigenvalue weighted by molar-refractivity contribution is 9.10. The third kappa shape index (κ3) is 2.42. The summed E-state index contributed by atoms with van der Waals surface area (Å²) in [6.45, 7) is 2.03. The van der Waals surface area contributed by atoms with Gasteiger partial charge in [0.05, 0.1) is 0 Å². The van der Waals surface area contributed by atoms with Gasteiger partial charge < -0.3 is 5.73 Å². The zero-order valence-electron chi connectivity index (χ0n) is 8.91. The van der Waals surface area contributed by atoms with Crippen molar-refractivity contribution in [1.29, 1.82) is 0 Å². The molecular formula is C13H12BrNS. The van der Waals surface area contributed by atoms with E-state index in [-0.39, 0.29) is 0 Å². The second-order valence-electron chi connectivity index (χ2n) is 3.52. The fraction of sp³-hybridized carbons (Fsp3) is 0.0769. The normalized spacial score (nSPS) is 10.4. The third-order valence-electron chi connectivity index (χ3n) is 2.34. The maximum Gasteiger partial charge on any atom is 0.0485 e. The molecule has 2 aromatic rings. The first kappa shape index (κ1) is 11.6. The van der Waals surface area contributed by atoms with Gasteiger partial charge in [0.1, 0.15) is 0 Å². The van der Waals surface area contributed by atoms with Gasteiger partial charge in [0.25, 0.3) is 0 Å². The first-order chi connectivity index (χ1) is 7.68. The molecule has 2 N–H and O–H groups in total. The molecule has 82 valence electrons. The highest BCUT2D eigenvalue weighted by atomic mass is 79.9. The quantitative estimate of drug-likeness (QED) is 0.826. The fourth-order valence-electron chi connectivity index (χ4n) is 1.39. The lowest BCUT2D eigenvalue weighted by Crippen LogP contribution is -1.91. The molecule has 2 aromatic carbocycles. The zero-order valence-corrected chi connectivity index (χ0v) is 11.3. The molecule has 0 aromatic heterocycles. The Kier molecular flexibility index (Phi) is 3.56. The van der Waals surface area contributed by atoms with Crippen molar-refractivity contribution in [2.45, 2.75) is 16.7 Å². The topological polar surface area (TPSA) is 26.0 Å². The van der Waals surface area contributed by atoms with Gasteiger partial charge >= 0.3 is 0 Å². The van der Waals surface area contributed by atoms with Crippen molar-refractivity contribution in [3.8, 4) is 0 Å². The van der Waals surface area contributed by atoms with E-state index in [0.717, 1.165) is 20.6 Å². The number of anilines is 1. The lowest BCUT2D eigenvalue weighted by molar-refractivity contribution is 1.34. The Labute approximate surface area is 108 Å². The van der Waals surface area contributed by atoms with Crippen molar-refractivity contribution in [3.05, 3.63) is 52.5 Å². The van der Waals surface area contributed by atoms with Gasteiger partial charge in [-0.25, -0.2) is 0 Å². The summed E-state index contributed by atoms with van der Waals surface area (Å²) in [6, 6.07) is 14.3. The van der Waals surface area contributed by atoms with Crippen molar-refractivity contribution >= 4 is 33.4 Å². The van der Waals surface area contributed by atoms with Crippen molar-refractivity contribution in [3.63, 3.8) is 0 Å². The van der Waals surface area contributed by atoms with E-state index >= 15 is 0 Å². The number of rotatable bonds is 2. The van der Waals surface area contributed by atoms with E-state index in [0.29, 0.717) is 0 Å². The van der Waals surface area contributed by atoms with Crippen LogP contribution in [0.1, 0.15) is 5.56 Å². The molecule has 0 aliphatic heterocycles. The minimum absolute atomic E-state index is 0.864. The van der Waals surface area contributed by atoms with Crippen LogP contribution in [-0.2, 0) is 0 Å². The summed E-state index contributed by atoms with van der Waals surface area (Å²) in [5, 5.41) is 0. The van der Waals surface area contributed by atoms with Gasteiger partial charge in [0.15, 0.2) is 0 Å². The lowest BCUT2D eigenvalue weighted by atomic mass is 10.2. The average Bonchev–Trinajstić information content (AvgIpc) is 2.28. The van der Waals surface area contributed by atoms with Crippen LogP contribution in [0.2, 0.25) is 0 Å². The number of hydrogen-bond donors (Lipinski definition) is 1. The monoisotopic (exact) mass is 293 g/mol. The van der Waals surface area contributed by atoms with Crippen LogP contribution in [0.25, 0.3) is 0 Å². The molecule has 0 saturated heterocycles. The Balaban J connectivity index is 2.35. The van der Waals surface area contributed by atoms with Crippen LogP contribution in [0, 0.1) is 6.92 Å². The van der Waals surface area contributed by atoms with Crippen LogP contribution in [-0.4, -0.2) is 0 Å². The smallest absolute Gasteiger partial charge is 0.0485 e. The number of halogens is 1. The predicted octanol–water partition coefficient (Wildman–Crippen LogP) is 4.49. The maximum absolute atomic E-state index is 6.04. The van der Waals surface area contributed by atoms with Crippen LogP contribution in [0.15, 0.2) is 56.7 Å². The minimum atomic E-state index is 0.864. The van der Waals surface area contributed by atoms with Crippen molar-refractivity contribution < 1.29 is 0 Å². The number of hydrogen-bond acceptors (Lipinski definition) is 2. The van der Waals surface area contributed by atoms with Gasteiger partial charge in [-0.1, -0.05) is 36.0 Å². The molecule has 1 nitrogen and oxygen atoms in total. The number of nitrogen functional groups attached to an aromatic ring is 1. The number of para-hydroxylation sites is 1. The largest absolute Gasteiger partial charge is 0.398 e. The first-order valence-corrected chi connectivity index (χ1v) is 6.57. The summed E-state index contributed by atoms with van der Waals surface area (Å²) in [4.78, 5) is 2.28. The van der Waals surface area contributed by atoms with Crippen LogP contribution in [0.4, 0.5) is 5.69 Å². The van der Waals surface area contributed by atoms with Gasteiger partial charge in [-0.05, 0) is 46.6 Å². The summed E-state index contributed by atoms with van der Waals surface area (Å²) in [6.07, 6.45) is 0. The number of nitrogens with two attached hydrogens (primary N) is 1. The standard InChI is InChI=1S/C13H12BrNS/c1-9-5-4-8-12(13(9)15)16-11-7-3-2-6-10(11)14/h2-8H,15H2,1H3. The molecule has 0 fully saturated rings. The van der Waals surface area contributed by atoms with Crippen LogP contribution < -0.4 is 5.73 Å². The van der Waals surface area contributed by atoms with Crippen molar-refractivity contribution in [2.75, 3.05) is 5.73 Å². The van der Waals surface area contributed by atoms with Crippen molar-refractivity contribution in [2.24, 2.45) is 0 Å². The SMILES string of the molecule is Cc1cccc(Sc2ccccc2Br)c1N. The molecule has 16 heavy (non-hydrogen) atoms. The van der Waals surface area contributed by atoms with E-state index in [2.05, 4.69) is 22.0 Å². The average molecular weight is 294 g/mol. The predicted molar refractivity (Wildman–Crippen MR) is 73.9 cm³/mol. The van der Waals surface area contributed by atoms with Gasteiger partial charge in [-0.2, -0.15) is 0 Å². The van der Waals surface area contributed by atoms with Crippen LogP contribution >= 0.6 is 27.7 Å². The van der Waals surface area contributed by atoms with E-state index in [1.54, 1.807) is 11.8 Å². The summed E-state index contributed by atoms with van der Waals surface area (Å²) in [7, 11) is 0. The van der Waals surface area contributed by atoms with E-state index in [1.165, 1.54) is 4.90 Å². The van der Waals surface area contributed by atoms with E-state index in [9.17, 15) is 0 Å². The number of benzene rings is 2. The van der Waals surface area contributed by atoms with Crippen LogP contribution in [0.5, 0.6) is 0 Å². The lowest BCUT2D eigenvalue weighted by Gasteiger charge is -2.08. The molecular weight excluding hydrogens is 282 g/mol. The van der Waals surface area contributed by atoms with Gasteiger partial charge in [0.2, 0.25) is 0 Å². The van der Waals surface area contributed by atoms with Gasteiger partial charge in [-0.15, -0.1) is 0 Å². The highest BCUT2D eigenvalue weighted by Gasteiger charge is 2.05. The third-order valence-corrected chi connectivity index (χ3v) is 4.45. The first-order valence-electron chi connectivity index (χ1n) is 4.96. The van der Waals surface area contributed by atoms with E-state index in [4.69, 9.17) is 5.73 Å². The summed E-state index contributed by atoms with van der Waals surface area (Å²) >= 11 is 5.22. The molecule has 0 spiro atoms. The second kappa shape index (κ2) is 4.93. The summed E-state index contributed by atoms with van der Waals surface area (Å²) in [5.74, 6) is 0. The Hall–Kier alpha value is -0.930. The molecule has 0 radical (unpaired) electrons. The molecule has 0 heterocycles. The van der Waals surface area contributed by atoms with E-state index < -0.39 is 0 Å². The van der Waals surface area contributed by atoms with Crippen LogP contribution in [0.3, 0.4) is 0 Å². The maximum atomic E-state index is 6.04. The molecule has 2 rings (SSSR count). The Morgan fingerprint density at radius 1 is 1.00 bits per heavy atom. The molecule has 0 aliphatic rings. The minimum Gasteiger partial charge on any atom is -0.398 e. The highest BCUT2D eigenvalue weighted by Crippen LogP contribution is 2.37. The second-order valence-corrected chi connectivity index (χ2v) is 5.46. The molecule has 0 saturated carbocycles. The van der Waals surface area contributed by atoms with E-state index in [1.807, 2.05) is 43.3 Å². The molecule has 0 atom stereocenters. The molecule has 0 aliphatic carbocycles. The number of aryl methyl sites for hydroxylation is 1. The van der Waals surface area contributed by atoms with Crippen molar-refractivity contribution in [1.82, 2.24) is 0 Å². The summed E-state index contributed by atoms with van der Waals surface area (Å²) in [5.41, 5.74) is 8.03. The Morgan fingerprint density at radius 3 is 2.44 bits per heavy atom. The summed E-state index contributed by atoms with van der Waals surface area (Å²) < 4.78 is 1.10. The Morgan fingerprint density at radius 2 is 1.69 bits per heavy atom. The molecule has 3 heteroatoms. The zero-order chi connectivity index (χ0) is 11.5. The fourth-order valence-corrected chi connectivity index (χ4v) is 2.88. The Bertz CT molecular complexity index is 511. The molecule has 0 amide bonds.